The van der Waals surface area contributed by atoms with Gasteiger partial charge in [0, 0.05) is 88.3 Å². The molecule has 0 fully saturated rings. The second-order valence-electron chi connectivity index (χ2n) is 35.3. The lowest BCUT2D eigenvalue weighted by atomic mass is 9.96. The Kier molecular flexibility index (Phi) is 20.9. The lowest BCUT2D eigenvalue weighted by molar-refractivity contribution is 0.668. The minimum Gasteiger partial charge on any atom is -0.456 e. The van der Waals surface area contributed by atoms with Crippen LogP contribution in [0.15, 0.2) is 543 Å². The number of fused-ring (bicyclic) bond motifs is 12. The molecular formula is C132H88N4O2. The molecule has 6 heteroatoms. The first kappa shape index (κ1) is 81.6. The molecule has 0 aliphatic carbocycles. The molecule has 0 radical (unpaired) electrons. The number of furan rings is 2. The van der Waals surface area contributed by atoms with Crippen molar-refractivity contribution in [3.8, 4) is 123 Å². The number of anilines is 6. The largest absolute Gasteiger partial charge is 0.456 e. The van der Waals surface area contributed by atoms with Gasteiger partial charge in [-0.1, -0.05) is 388 Å². The zero-order valence-electron chi connectivity index (χ0n) is 75.4. The second-order valence-corrected chi connectivity index (χ2v) is 35.3. The molecule has 22 aromatic carbocycles. The highest BCUT2D eigenvalue weighted by Crippen LogP contribution is 2.50. The highest BCUT2D eigenvalue weighted by molar-refractivity contribution is 6.16. The molecule has 0 amide bonds. The summed E-state index contributed by atoms with van der Waals surface area (Å²) in [7, 11) is 0. The van der Waals surface area contributed by atoms with Crippen molar-refractivity contribution in [3.05, 3.63) is 534 Å². The van der Waals surface area contributed by atoms with Gasteiger partial charge in [0.2, 0.25) is 0 Å². The Morgan fingerprint density at radius 3 is 0.761 bits per heavy atom. The topological polar surface area (TPSA) is 42.6 Å². The van der Waals surface area contributed by atoms with Gasteiger partial charge in [-0.25, -0.2) is 0 Å². The van der Waals surface area contributed by atoms with E-state index < -0.39 is 0 Å². The van der Waals surface area contributed by atoms with Crippen LogP contribution in [0.5, 0.6) is 0 Å². The Hall–Kier alpha value is -18.4. The summed E-state index contributed by atoms with van der Waals surface area (Å²) >= 11 is 0. The second kappa shape index (κ2) is 35.3. The number of para-hydroxylation sites is 8. The van der Waals surface area contributed by atoms with E-state index in [4.69, 9.17) is 8.83 Å². The van der Waals surface area contributed by atoms with E-state index in [1.165, 1.54) is 93.7 Å². The number of rotatable bonds is 18. The minimum atomic E-state index is 0.876. The zero-order chi connectivity index (χ0) is 91.4. The molecule has 0 spiro atoms. The molecule has 26 aromatic rings. The van der Waals surface area contributed by atoms with Crippen LogP contribution in [0.3, 0.4) is 0 Å². The van der Waals surface area contributed by atoms with E-state index in [9.17, 15) is 0 Å². The van der Waals surface area contributed by atoms with Gasteiger partial charge in [-0.05, 0) is 246 Å². The van der Waals surface area contributed by atoms with Crippen molar-refractivity contribution in [2.75, 3.05) is 9.80 Å². The molecule has 138 heavy (non-hydrogen) atoms. The molecule has 0 saturated carbocycles. The van der Waals surface area contributed by atoms with Gasteiger partial charge in [-0.3, -0.25) is 0 Å². The van der Waals surface area contributed by atoms with Crippen molar-refractivity contribution in [3.63, 3.8) is 0 Å². The predicted octanol–water partition coefficient (Wildman–Crippen LogP) is 37.0. The fourth-order valence-electron chi connectivity index (χ4n) is 20.7. The first-order valence-corrected chi connectivity index (χ1v) is 47.1. The third kappa shape index (κ3) is 15.1. The summed E-state index contributed by atoms with van der Waals surface area (Å²) in [5.74, 6) is 0. The van der Waals surface area contributed by atoms with Crippen LogP contribution in [-0.4, -0.2) is 9.13 Å². The van der Waals surface area contributed by atoms with Crippen LogP contribution in [-0.2, 0) is 0 Å². The standard InChI is InChI=1S/2C66H44N2O/c1-2-16-45(17-3-1)46-34-36-47(37-35-46)51-20-13-22-54(43-51)67(61-29-8-6-26-58(61)59-28-15-33-65-66(59)60-27-7-11-32-64(60)69-65)53-40-38-48(39-41-53)49-18-12-19-50(42-49)52-21-14-23-55(44-52)68-62-30-9-4-24-56(62)57-25-5-10-31-63(57)68;1-2-15-45(16-3-1)46-31-33-47(34-32-46)48-35-39-53(40-36-48)67(61-26-8-6-23-58(61)59-25-14-30-65-66(59)60-24-7-11-29-64(60)69-65)54-41-37-49(38-42-54)50-17-12-18-51(43-50)52-19-13-20-55(44-52)68-62-27-9-4-21-56(62)57-22-5-10-28-63(57)68/h2*1-44H. The van der Waals surface area contributed by atoms with Crippen molar-refractivity contribution < 1.29 is 8.83 Å². The average molecular weight is 1760 g/mol. The summed E-state index contributed by atoms with van der Waals surface area (Å²) in [6, 6.07) is 192. The van der Waals surface area contributed by atoms with Crippen LogP contribution in [0, 0.1) is 0 Å². The van der Waals surface area contributed by atoms with Gasteiger partial charge in [0.15, 0.2) is 0 Å². The van der Waals surface area contributed by atoms with E-state index in [1.54, 1.807) is 0 Å². The monoisotopic (exact) mass is 1760 g/mol. The van der Waals surface area contributed by atoms with Crippen LogP contribution in [0.1, 0.15) is 0 Å². The zero-order valence-corrected chi connectivity index (χ0v) is 75.4. The third-order valence-corrected chi connectivity index (χ3v) is 27.2. The minimum absolute atomic E-state index is 0.876. The number of hydrogen-bond acceptors (Lipinski definition) is 4. The van der Waals surface area contributed by atoms with Gasteiger partial charge < -0.3 is 27.8 Å². The van der Waals surface area contributed by atoms with Crippen LogP contribution < -0.4 is 9.80 Å². The molecule has 0 unspecified atom stereocenters. The normalized spacial score (nSPS) is 11.5. The van der Waals surface area contributed by atoms with E-state index in [2.05, 4.69) is 541 Å². The van der Waals surface area contributed by atoms with E-state index in [-0.39, 0.29) is 0 Å². The summed E-state index contributed by atoms with van der Waals surface area (Å²) < 4.78 is 17.6. The maximum absolute atomic E-state index is 6.42. The van der Waals surface area contributed by atoms with Crippen LogP contribution >= 0.6 is 0 Å². The Morgan fingerprint density at radius 2 is 0.384 bits per heavy atom. The van der Waals surface area contributed by atoms with Crippen molar-refractivity contribution in [2.24, 2.45) is 0 Å². The molecule has 0 N–H and O–H groups in total. The predicted molar refractivity (Wildman–Crippen MR) is 580 cm³/mol. The quantitative estimate of drug-likeness (QED) is 0.0859. The molecule has 26 rings (SSSR count). The van der Waals surface area contributed by atoms with Gasteiger partial charge in [0.1, 0.15) is 22.3 Å². The van der Waals surface area contributed by atoms with Gasteiger partial charge >= 0.3 is 0 Å². The highest BCUT2D eigenvalue weighted by atomic mass is 16.3. The Bertz CT molecular complexity index is 8950. The fraction of sp³-hybridized carbons (Fsp3) is 0. The van der Waals surface area contributed by atoms with Crippen molar-refractivity contribution in [1.82, 2.24) is 9.13 Å². The number of nitrogens with zero attached hydrogens (tertiary/aromatic N) is 4. The molecule has 0 aliphatic rings. The van der Waals surface area contributed by atoms with E-state index >= 15 is 0 Å². The Balaban J connectivity index is 0.000000146. The molecular weight excluding hydrogens is 1670 g/mol. The lowest BCUT2D eigenvalue weighted by Gasteiger charge is -2.28. The number of hydrogen-bond donors (Lipinski definition) is 0. The molecule has 0 bridgehead atoms. The maximum Gasteiger partial charge on any atom is 0.136 e. The SMILES string of the molecule is c1ccc(-c2ccc(-c3ccc(N(c4ccc(-c5cccc(-c6cccc(-n7c8ccccc8c8ccccc87)c6)c5)cc4)c4ccccc4-c4cccc5oc6ccccc6c45)cc3)cc2)cc1.c1ccc(-c2ccc(-c3cccc(N(c4ccc(-c5cccc(-c6cccc(-n7c8ccccc8c8ccccc87)c6)c5)cc4)c4ccccc4-c4cccc5oc6ccccc6c45)c3)cc2)cc1. The Morgan fingerprint density at radius 1 is 0.145 bits per heavy atom. The summed E-state index contributed by atoms with van der Waals surface area (Å²) in [5, 5.41) is 9.49. The van der Waals surface area contributed by atoms with Crippen molar-refractivity contribution in [2.45, 2.75) is 0 Å². The molecule has 0 aliphatic heterocycles. The number of aromatic nitrogens is 2. The summed E-state index contributed by atoms with van der Waals surface area (Å²) in [6.07, 6.45) is 0. The highest BCUT2D eigenvalue weighted by Gasteiger charge is 2.26. The van der Waals surface area contributed by atoms with Crippen molar-refractivity contribution >= 4 is 122 Å². The summed E-state index contributed by atoms with van der Waals surface area (Å²) in [5.41, 5.74) is 40.3. The molecule has 4 heterocycles. The molecule has 0 saturated heterocycles. The molecule has 648 valence electrons. The van der Waals surface area contributed by atoms with Crippen LogP contribution in [0.2, 0.25) is 0 Å². The van der Waals surface area contributed by atoms with Gasteiger partial charge in [-0.15, -0.1) is 0 Å². The maximum atomic E-state index is 6.42. The molecule has 4 aromatic heterocycles. The lowest BCUT2D eigenvalue weighted by Crippen LogP contribution is -2.11. The summed E-state index contributed by atoms with van der Waals surface area (Å²) in [6.45, 7) is 0. The Labute approximate surface area is 800 Å². The van der Waals surface area contributed by atoms with Crippen LogP contribution in [0.4, 0.5) is 34.1 Å². The van der Waals surface area contributed by atoms with Gasteiger partial charge in [0.25, 0.3) is 0 Å². The fourth-order valence-corrected chi connectivity index (χ4v) is 20.7. The third-order valence-electron chi connectivity index (χ3n) is 27.2. The average Bonchev–Trinajstić information content (AvgIpc) is 1.63. The molecule has 0 atom stereocenters. The summed E-state index contributed by atoms with van der Waals surface area (Å²) in [4.78, 5) is 4.79. The van der Waals surface area contributed by atoms with E-state index in [0.29, 0.717) is 0 Å². The van der Waals surface area contributed by atoms with E-state index in [0.717, 1.165) is 151 Å². The van der Waals surface area contributed by atoms with Gasteiger partial charge in [0.05, 0.1) is 33.4 Å². The first-order valence-electron chi connectivity index (χ1n) is 47.1. The number of benzene rings is 22. The first-order chi connectivity index (χ1) is 68.4. The molecule has 6 nitrogen and oxygen atoms in total. The van der Waals surface area contributed by atoms with E-state index in [1.807, 2.05) is 12.1 Å². The van der Waals surface area contributed by atoms with Gasteiger partial charge in [-0.2, -0.15) is 0 Å². The van der Waals surface area contributed by atoms with Crippen molar-refractivity contribution in [1.29, 1.82) is 0 Å². The van der Waals surface area contributed by atoms with Crippen LogP contribution in [0.25, 0.3) is 210 Å². The smallest absolute Gasteiger partial charge is 0.136 e.